The Morgan fingerprint density at radius 1 is 0.868 bits per heavy atom. The van der Waals surface area contributed by atoms with Gasteiger partial charge >= 0.3 is 0 Å². The number of piperazine rings is 1. The number of aryl methyl sites for hydroxylation is 1. The number of sulfonamides is 1. The Labute approximate surface area is 226 Å². The van der Waals surface area contributed by atoms with Gasteiger partial charge in [-0.3, -0.25) is 0 Å². The monoisotopic (exact) mass is 531 g/mol. The molecule has 4 aromatic rings. The first-order chi connectivity index (χ1) is 18.4. The van der Waals surface area contributed by atoms with Crippen molar-refractivity contribution in [3.63, 3.8) is 0 Å². The summed E-state index contributed by atoms with van der Waals surface area (Å²) in [5, 5.41) is 6.90. The molecule has 2 heterocycles. The summed E-state index contributed by atoms with van der Waals surface area (Å²) >= 11 is 0. The highest BCUT2D eigenvalue weighted by molar-refractivity contribution is 7.89. The number of hydrogen-bond donors (Lipinski definition) is 0. The van der Waals surface area contributed by atoms with Crippen molar-refractivity contribution in [1.82, 2.24) is 19.0 Å². The minimum Gasteiger partial charge on any atom is -0.354 e. The number of hydrogen-bond acceptors (Lipinski definition) is 5. The van der Waals surface area contributed by atoms with E-state index in [2.05, 4.69) is 28.9 Å². The van der Waals surface area contributed by atoms with Crippen molar-refractivity contribution in [1.29, 1.82) is 0 Å². The zero-order valence-corrected chi connectivity index (χ0v) is 23.4. The van der Waals surface area contributed by atoms with E-state index in [4.69, 9.17) is 5.10 Å². The molecular weight excluding hydrogens is 494 g/mol. The lowest BCUT2D eigenvalue weighted by molar-refractivity contribution is 0.269. The minimum absolute atomic E-state index is 0.283. The Hall–Kier alpha value is -3.20. The number of fused-ring (bicyclic) bond motifs is 1. The van der Waals surface area contributed by atoms with E-state index in [0.717, 1.165) is 72.7 Å². The van der Waals surface area contributed by atoms with Gasteiger partial charge in [0.15, 0.2) is 0 Å². The minimum atomic E-state index is -3.72. The fraction of sp³-hybridized carbons (Fsp3) is 0.367. The second-order valence-corrected chi connectivity index (χ2v) is 11.8. The maximum atomic E-state index is 14.0. The second-order valence-electron chi connectivity index (χ2n) is 9.90. The Kier molecular flexibility index (Phi) is 7.83. The molecule has 1 aliphatic rings. The highest BCUT2D eigenvalue weighted by atomic mass is 32.2. The van der Waals surface area contributed by atoms with Crippen LogP contribution in [0.15, 0.2) is 77.7 Å². The first-order valence-electron chi connectivity index (χ1n) is 13.5. The van der Waals surface area contributed by atoms with Crippen molar-refractivity contribution in [2.24, 2.45) is 0 Å². The van der Waals surface area contributed by atoms with Crippen LogP contribution in [0.4, 0.5) is 5.82 Å². The number of para-hydroxylation sites is 1. The maximum absolute atomic E-state index is 14.0. The Balaban J connectivity index is 1.56. The Morgan fingerprint density at radius 3 is 2.24 bits per heavy atom. The standard InChI is InChI=1S/C30H37N5O2S/c1-4-17-34(38(36,37)28-16-15-25-11-9-10-12-26(25)22-28)23-29-24(3)31-35(27-13-7-6-8-14-27)30(29)33-20-18-32(5-2)19-21-33/h6-16,22H,4-5,17-21,23H2,1-3H3. The molecule has 1 saturated heterocycles. The number of aromatic nitrogens is 2. The van der Waals surface area contributed by atoms with E-state index in [0.29, 0.717) is 11.4 Å². The summed E-state index contributed by atoms with van der Waals surface area (Å²) in [5.41, 5.74) is 2.81. The highest BCUT2D eigenvalue weighted by Crippen LogP contribution is 2.32. The van der Waals surface area contributed by atoms with Gasteiger partial charge in [-0.1, -0.05) is 62.4 Å². The van der Waals surface area contributed by atoms with Gasteiger partial charge in [0.25, 0.3) is 0 Å². The molecule has 0 radical (unpaired) electrons. The molecule has 0 aliphatic carbocycles. The molecule has 0 atom stereocenters. The van der Waals surface area contributed by atoms with Gasteiger partial charge in [-0.15, -0.1) is 0 Å². The van der Waals surface area contributed by atoms with Crippen molar-refractivity contribution < 1.29 is 8.42 Å². The Bertz CT molecular complexity index is 1490. The third-order valence-corrected chi connectivity index (χ3v) is 9.28. The highest BCUT2D eigenvalue weighted by Gasteiger charge is 2.30. The molecule has 0 spiro atoms. The lowest BCUT2D eigenvalue weighted by atomic mass is 10.1. The summed E-state index contributed by atoms with van der Waals surface area (Å²) in [4.78, 5) is 5.15. The van der Waals surface area contributed by atoms with Gasteiger partial charge in [-0.25, -0.2) is 13.1 Å². The van der Waals surface area contributed by atoms with Crippen molar-refractivity contribution in [3.05, 3.63) is 84.1 Å². The molecule has 8 heteroatoms. The van der Waals surface area contributed by atoms with Crippen LogP contribution in [0.3, 0.4) is 0 Å². The van der Waals surface area contributed by atoms with E-state index >= 15 is 0 Å². The van der Waals surface area contributed by atoms with Crippen LogP contribution in [0.1, 0.15) is 31.5 Å². The molecule has 38 heavy (non-hydrogen) atoms. The predicted octanol–water partition coefficient (Wildman–Crippen LogP) is 5.08. The summed E-state index contributed by atoms with van der Waals surface area (Å²) < 4.78 is 31.6. The lowest BCUT2D eigenvalue weighted by Crippen LogP contribution is -2.47. The summed E-state index contributed by atoms with van der Waals surface area (Å²) in [6, 6.07) is 23.4. The van der Waals surface area contributed by atoms with E-state index in [1.54, 1.807) is 16.4 Å². The lowest BCUT2D eigenvalue weighted by Gasteiger charge is -2.36. The number of likely N-dealkylation sites (N-methyl/N-ethyl adjacent to an activating group) is 1. The zero-order valence-electron chi connectivity index (χ0n) is 22.5. The molecule has 3 aromatic carbocycles. The molecule has 0 amide bonds. The SMILES string of the molecule is CCCN(Cc1c(C)nn(-c2ccccc2)c1N1CCN(CC)CC1)S(=O)(=O)c1ccc2ccccc2c1. The van der Waals surface area contributed by atoms with Gasteiger partial charge in [0, 0.05) is 44.8 Å². The predicted molar refractivity (Wildman–Crippen MR) is 154 cm³/mol. The molecule has 7 nitrogen and oxygen atoms in total. The molecule has 1 aromatic heterocycles. The van der Waals surface area contributed by atoms with Crippen LogP contribution in [0.25, 0.3) is 16.5 Å². The van der Waals surface area contributed by atoms with Crippen LogP contribution in [0, 0.1) is 6.92 Å². The van der Waals surface area contributed by atoms with Gasteiger partial charge < -0.3 is 9.80 Å². The molecule has 1 aliphatic heterocycles. The third kappa shape index (κ3) is 5.21. The van der Waals surface area contributed by atoms with Gasteiger partial charge in [0.05, 0.1) is 16.3 Å². The van der Waals surface area contributed by atoms with Crippen molar-refractivity contribution in [2.45, 2.75) is 38.6 Å². The van der Waals surface area contributed by atoms with Crippen LogP contribution in [0.2, 0.25) is 0 Å². The summed E-state index contributed by atoms with van der Waals surface area (Å²) in [6.45, 7) is 11.7. The normalized spacial score (nSPS) is 15.0. The average Bonchev–Trinajstić information content (AvgIpc) is 3.28. The molecule has 1 fully saturated rings. The number of rotatable bonds is 9. The van der Waals surface area contributed by atoms with Gasteiger partial charge in [0.2, 0.25) is 10.0 Å². The van der Waals surface area contributed by atoms with Crippen LogP contribution in [-0.4, -0.2) is 66.7 Å². The van der Waals surface area contributed by atoms with Crippen LogP contribution in [0.5, 0.6) is 0 Å². The van der Waals surface area contributed by atoms with Crippen molar-refractivity contribution >= 4 is 26.6 Å². The quantitative estimate of drug-likeness (QED) is 0.302. The largest absolute Gasteiger partial charge is 0.354 e. The fourth-order valence-electron chi connectivity index (χ4n) is 5.27. The average molecular weight is 532 g/mol. The van der Waals surface area contributed by atoms with Gasteiger partial charge in [0.1, 0.15) is 5.82 Å². The first-order valence-corrected chi connectivity index (χ1v) is 15.0. The van der Waals surface area contributed by atoms with Gasteiger partial charge in [-0.2, -0.15) is 9.40 Å². The fourth-order valence-corrected chi connectivity index (χ4v) is 6.81. The van der Waals surface area contributed by atoms with Gasteiger partial charge in [-0.05, 0) is 54.9 Å². The number of anilines is 1. The summed E-state index contributed by atoms with van der Waals surface area (Å²) in [7, 11) is -3.72. The third-order valence-electron chi connectivity index (χ3n) is 7.44. The van der Waals surface area contributed by atoms with Crippen LogP contribution in [-0.2, 0) is 16.6 Å². The zero-order chi connectivity index (χ0) is 26.7. The topological polar surface area (TPSA) is 61.7 Å². The molecule has 0 unspecified atom stereocenters. The molecule has 0 bridgehead atoms. The second kappa shape index (κ2) is 11.3. The molecule has 200 valence electrons. The van der Waals surface area contributed by atoms with Crippen LogP contribution >= 0.6 is 0 Å². The molecular formula is C30H37N5O2S. The maximum Gasteiger partial charge on any atom is 0.243 e. The summed E-state index contributed by atoms with van der Waals surface area (Å²) in [5.74, 6) is 0.999. The first kappa shape index (κ1) is 26.4. The van der Waals surface area contributed by atoms with Crippen molar-refractivity contribution in [3.8, 4) is 5.69 Å². The number of benzene rings is 3. The molecule has 0 N–H and O–H groups in total. The van der Waals surface area contributed by atoms with Crippen LogP contribution < -0.4 is 4.90 Å². The summed E-state index contributed by atoms with van der Waals surface area (Å²) in [6.07, 6.45) is 0.725. The van der Waals surface area contributed by atoms with E-state index in [1.807, 2.05) is 67.1 Å². The van der Waals surface area contributed by atoms with E-state index in [1.165, 1.54) is 0 Å². The van der Waals surface area contributed by atoms with E-state index in [-0.39, 0.29) is 6.54 Å². The van der Waals surface area contributed by atoms with E-state index < -0.39 is 10.0 Å². The smallest absolute Gasteiger partial charge is 0.243 e. The Morgan fingerprint density at radius 2 is 1.55 bits per heavy atom. The molecule has 0 saturated carbocycles. The molecule has 5 rings (SSSR count). The van der Waals surface area contributed by atoms with Crippen molar-refractivity contribution in [2.75, 3.05) is 44.2 Å². The van der Waals surface area contributed by atoms with E-state index in [9.17, 15) is 8.42 Å². The number of nitrogens with zero attached hydrogens (tertiary/aromatic N) is 5.